The third kappa shape index (κ3) is 2.25. The molecule has 18 heavy (non-hydrogen) atoms. The fourth-order valence-electron chi connectivity index (χ4n) is 2.67. The van der Waals surface area contributed by atoms with E-state index in [0.29, 0.717) is 12.5 Å². The highest BCUT2D eigenvalue weighted by molar-refractivity contribution is 5.44. The van der Waals surface area contributed by atoms with Crippen LogP contribution in [-0.4, -0.2) is 25.9 Å². The van der Waals surface area contributed by atoms with Crippen LogP contribution in [0, 0.1) is 19.8 Å². The molecule has 1 aliphatic rings. The minimum absolute atomic E-state index is 0.323. The average molecular weight is 250 g/mol. The molecule has 2 rings (SSSR count). The summed E-state index contributed by atoms with van der Waals surface area (Å²) in [6.45, 7) is 4.37. The van der Waals surface area contributed by atoms with E-state index in [1.54, 1.807) is 14.2 Å². The summed E-state index contributed by atoms with van der Waals surface area (Å²) in [6.07, 6.45) is 2.15. The van der Waals surface area contributed by atoms with Gasteiger partial charge in [0.2, 0.25) is 0 Å². The standard InChI is InChI=1S/C15H22O3/c1-10-8-14(18-4)11(2)7-13(10)15(16,9-17-3)12-5-6-12/h7-8,12,16H,5-6,9H2,1-4H3. The number of methoxy groups -OCH3 is 2. The molecule has 3 heteroatoms. The molecule has 1 N–H and O–H groups in total. The lowest BCUT2D eigenvalue weighted by molar-refractivity contribution is -0.0537. The molecule has 1 aromatic carbocycles. The predicted molar refractivity (Wildman–Crippen MR) is 71.0 cm³/mol. The van der Waals surface area contributed by atoms with Crippen LogP contribution in [0.25, 0.3) is 0 Å². The Hall–Kier alpha value is -1.06. The normalized spacial score (nSPS) is 18.5. The molecule has 1 atom stereocenters. The van der Waals surface area contributed by atoms with Gasteiger partial charge in [-0.25, -0.2) is 0 Å². The molecule has 0 amide bonds. The van der Waals surface area contributed by atoms with Crippen molar-refractivity contribution in [3.63, 3.8) is 0 Å². The Bertz CT molecular complexity index is 438. The number of aryl methyl sites for hydroxylation is 2. The fraction of sp³-hybridized carbons (Fsp3) is 0.600. The summed E-state index contributed by atoms with van der Waals surface area (Å²) in [5.41, 5.74) is 2.23. The number of ether oxygens (including phenoxy) is 2. The first-order valence-corrected chi connectivity index (χ1v) is 6.40. The lowest BCUT2D eigenvalue weighted by atomic mass is 9.85. The minimum Gasteiger partial charge on any atom is -0.496 e. The van der Waals surface area contributed by atoms with Gasteiger partial charge in [-0.1, -0.05) is 0 Å². The third-order valence-corrected chi connectivity index (χ3v) is 3.83. The van der Waals surface area contributed by atoms with E-state index in [1.165, 1.54) is 0 Å². The molecular formula is C15H22O3. The second kappa shape index (κ2) is 4.90. The largest absolute Gasteiger partial charge is 0.496 e. The van der Waals surface area contributed by atoms with Crippen LogP contribution in [0.4, 0.5) is 0 Å². The molecule has 0 saturated heterocycles. The van der Waals surface area contributed by atoms with Crippen LogP contribution in [0.1, 0.15) is 29.5 Å². The first-order chi connectivity index (χ1) is 8.52. The molecule has 0 aliphatic heterocycles. The topological polar surface area (TPSA) is 38.7 Å². The van der Waals surface area contributed by atoms with Crippen LogP contribution in [0.2, 0.25) is 0 Å². The van der Waals surface area contributed by atoms with E-state index in [1.807, 2.05) is 26.0 Å². The zero-order valence-corrected chi connectivity index (χ0v) is 11.6. The predicted octanol–water partition coefficient (Wildman–Crippen LogP) is 2.56. The quantitative estimate of drug-likeness (QED) is 0.873. The van der Waals surface area contributed by atoms with Crippen molar-refractivity contribution in [3.8, 4) is 5.75 Å². The van der Waals surface area contributed by atoms with Gasteiger partial charge in [-0.15, -0.1) is 0 Å². The summed E-state index contributed by atoms with van der Waals surface area (Å²) in [5.74, 6) is 1.19. The SMILES string of the molecule is COCC(O)(c1cc(C)c(OC)cc1C)C1CC1. The summed E-state index contributed by atoms with van der Waals surface area (Å²) >= 11 is 0. The van der Waals surface area contributed by atoms with E-state index in [2.05, 4.69) is 0 Å². The summed E-state index contributed by atoms with van der Waals surface area (Å²) in [4.78, 5) is 0. The first-order valence-electron chi connectivity index (χ1n) is 6.40. The van der Waals surface area contributed by atoms with Gasteiger partial charge in [0, 0.05) is 7.11 Å². The minimum atomic E-state index is -0.851. The Balaban J connectivity index is 2.44. The molecule has 3 nitrogen and oxygen atoms in total. The van der Waals surface area contributed by atoms with Gasteiger partial charge in [0.1, 0.15) is 11.4 Å². The van der Waals surface area contributed by atoms with Crippen LogP contribution >= 0.6 is 0 Å². The molecule has 0 heterocycles. The van der Waals surface area contributed by atoms with Crippen molar-refractivity contribution < 1.29 is 14.6 Å². The van der Waals surface area contributed by atoms with Gasteiger partial charge in [0.05, 0.1) is 13.7 Å². The zero-order valence-electron chi connectivity index (χ0n) is 11.6. The van der Waals surface area contributed by atoms with Crippen LogP contribution in [0.5, 0.6) is 5.75 Å². The number of aliphatic hydroxyl groups is 1. The maximum absolute atomic E-state index is 10.9. The highest BCUT2D eigenvalue weighted by Crippen LogP contribution is 2.47. The van der Waals surface area contributed by atoms with Crippen molar-refractivity contribution in [1.82, 2.24) is 0 Å². The van der Waals surface area contributed by atoms with E-state index in [4.69, 9.17) is 9.47 Å². The summed E-state index contributed by atoms with van der Waals surface area (Å²) < 4.78 is 10.5. The molecule has 100 valence electrons. The van der Waals surface area contributed by atoms with Gasteiger partial charge in [0.15, 0.2) is 0 Å². The Morgan fingerprint density at radius 3 is 2.39 bits per heavy atom. The second-order valence-electron chi connectivity index (χ2n) is 5.27. The molecule has 1 aliphatic carbocycles. The summed E-state index contributed by atoms with van der Waals surface area (Å²) in [6, 6.07) is 4.03. The van der Waals surface area contributed by atoms with Crippen molar-refractivity contribution in [2.45, 2.75) is 32.3 Å². The highest BCUT2D eigenvalue weighted by atomic mass is 16.5. The summed E-state index contributed by atoms with van der Waals surface area (Å²) in [5, 5.41) is 10.9. The van der Waals surface area contributed by atoms with Crippen molar-refractivity contribution in [2.24, 2.45) is 5.92 Å². The van der Waals surface area contributed by atoms with E-state index in [9.17, 15) is 5.11 Å². The van der Waals surface area contributed by atoms with Crippen molar-refractivity contribution >= 4 is 0 Å². The van der Waals surface area contributed by atoms with Gasteiger partial charge >= 0.3 is 0 Å². The maximum Gasteiger partial charge on any atom is 0.122 e. The van der Waals surface area contributed by atoms with Crippen LogP contribution in [-0.2, 0) is 10.3 Å². The Labute approximate surface area is 109 Å². The van der Waals surface area contributed by atoms with E-state index in [0.717, 1.165) is 35.3 Å². The van der Waals surface area contributed by atoms with Gasteiger partial charge < -0.3 is 14.6 Å². The maximum atomic E-state index is 10.9. The first kappa shape index (κ1) is 13.4. The van der Waals surface area contributed by atoms with Gasteiger partial charge in [-0.3, -0.25) is 0 Å². The molecule has 1 saturated carbocycles. The molecule has 0 aromatic heterocycles. The smallest absolute Gasteiger partial charge is 0.122 e. The molecule has 1 fully saturated rings. The number of hydrogen-bond donors (Lipinski definition) is 1. The second-order valence-corrected chi connectivity index (χ2v) is 5.27. The molecular weight excluding hydrogens is 228 g/mol. The van der Waals surface area contributed by atoms with Crippen molar-refractivity contribution in [2.75, 3.05) is 20.8 Å². The van der Waals surface area contributed by atoms with Crippen molar-refractivity contribution in [3.05, 3.63) is 28.8 Å². The highest BCUT2D eigenvalue weighted by Gasteiger charge is 2.46. The molecule has 0 bridgehead atoms. The van der Waals surface area contributed by atoms with Crippen molar-refractivity contribution in [1.29, 1.82) is 0 Å². The fourth-order valence-corrected chi connectivity index (χ4v) is 2.67. The Kier molecular flexibility index (Phi) is 3.64. The number of benzene rings is 1. The molecule has 0 radical (unpaired) electrons. The van der Waals surface area contributed by atoms with E-state index in [-0.39, 0.29) is 0 Å². The molecule has 1 unspecified atom stereocenters. The van der Waals surface area contributed by atoms with Crippen LogP contribution < -0.4 is 4.74 Å². The van der Waals surface area contributed by atoms with Crippen LogP contribution in [0.15, 0.2) is 12.1 Å². The van der Waals surface area contributed by atoms with E-state index >= 15 is 0 Å². The van der Waals surface area contributed by atoms with Crippen LogP contribution in [0.3, 0.4) is 0 Å². The Morgan fingerprint density at radius 1 is 1.22 bits per heavy atom. The lowest BCUT2D eigenvalue weighted by Crippen LogP contribution is -2.34. The molecule has 1 aromatic rings. The Morgan fingerprint density at radius 2 is 1.89 bits per heavy atom. The summed E-state index contributed by atoms with van der Waals surface area (Å²) in [7, 11) is 3.31. The monoisotopic (exact) mass is 250 g/mol. The third-order valence-electron chi connectivity index (χ3n) is 3.83. The van der Waals surface area contributed by atoms with Gasteiger partial charge in [0.25, 0.3) is 0 Å². The van der Waals surface area contributed by atoms with Gasteiger partial charge in [-0.2, -0.15) is 0 Å². The average Bonchev–Trinajstić information content (AvgIpc) is 3.16. The lowest BCUT2D eigenvalue weighted by Gasteiger charge is -2.30. The van der Waals surface area contributed by atoms with Gasteiger partial charge in [-0.05, 0) is 61.4 Å². The van der Waals surface area contributed by atoms with E-state index < -0.39 is 5.60 Å². The zero-order chi connectivity index (χ0) is 13.3. The molecule has 0 spiro atoms. The number of hydrogen-bond acceptors (Lipinski definition) is 3. The number of rotatable bonds is 5.